The lowest BCUT2D eigenvalue weighted by molar-refractivity contribution is 0.628. The Morgan fingerprint density at radius 2 is 1.76 bits per heavy atom. The van der Waals surface area contributed by atoms with E-state index in [0.717, 1.165) is 11.5 Å². The van der Waals surface area contributed by atoms with Crippen molar-refractivity contribution < 1.29 is 4.39 Å². The van der Waals surface area contributed by atoms with Crippen LogP contribution < -0.4 is 5.32 Å². The van der Waals surface area contributed by atoms with Crippen LogP contribution in [0, 0.1) is 5.82 Å². The molecule has 4 heteroatoms. The Labute approximate surface area is 101 Å². The number of amidine groups is 2. The molecular weight excluding hydrogens is 217 g/mol. The van der Waals surface area contributed by atoms with Gasteiger partial charge in [0.05, 0.1) is 5.69 Å². The minimum Gasteiger partial charge on any atom is -0.348 e. The van der Waals surface area contributed by atoms with Crippen LogP contribution in [0.4, 0.5) is 10.1 Å². The fraction of sp³-hybridized carbons (Fsp3) is 0.231. The number of nitrogens with one attached hydrogen (secondary N) is 1. The van der Waals surface area contributed by atoms with E-state index >= 15 is 0 Å². The minimum atomic E-state index is -0.273. The maximum Gasteiger partial charge on any atom is 0.127 e. The minimum absolute atomic E-state index is 0.273. The fourth-order valence-corrected chi connectivity index (χ4v) is 1.31. The van der Waals surface area contributed by atoms with Gasteiger partial charge in [0.1, 0.15) is 17.5 Å². The first-order valence-electron chi connectivity index (χ1n) is 5.26. The Balaban J connectivity index is 2.78. The molecule has 0 aliphatic heterocycles. The van der Waals surface area contributed by atoms with Crippen LogP contribution in [0.1, 0.15) is 20.8 Å². The quantitative estimate of drug-likeness (QED) is 0.616. The molecule has 0 spiro atoms. The molecule has 1 N–H and O–H groups in total. The van der Waals surface area contributed by atoms with Gasteiger partial charge in [-0.25, -0.2) is 14.4 Å². The summed E-state index contributed by atoms with van der Waals surface area (Å²) in [6.45, 7) is 9.19. The zero-order valence-electron chi connectivity index (χ0n) is 10.3. The van der Waals surface area contributed by atoms with E-state index in [-0.39, 0.29) is 5.82 Å². The predicted molar refractivity (Wildman–Crippen MR) is 70.2 cm³/mol. The average Bonchev–Trinajstić information content (AvgIpc) is 2.19. The Morgan fingerprint density at radius 3 is 2.29 bits per heavy atom. The number of hydrogen-bond acceptors (Lipinski definition) is 1. The number of hydrogen-bond donors (Lipinski definition) is 1. The van der Waals surface area contributed by atoms with Gasteiger partial charge in [-0.1, -0.05) is 6.58 Å². The van der Waals surface area contributed by atoms with Crippen LogP contribution in [0.15, 0.2) is 46.5 Å². The molecule has 0 bridgehead atoms. The third-order valence-electron chi connectivity index (χ3n) is 1.84. The van der Waals surface area contributed by atoms with Crippen molar-refractivity contribution in [3.63, 3.8) is 0 Å². The molecule has 1 aromatic rings. The maximum atomic E-state index is 12.7. The smallest absolute Gasteiger partial charge is 0.127 e. The molecule has 17 heavy (non-hydrogen) atoms. The summed E-state index contributed by atoms with van der Waals surface area (Å²) in [4.78, 5) is 8.48. The molecule has 1 rings (SSSR count). The van der Waals surface area contributed by atoms with Crippen LogP contribution in [0.3, 0.4) is 0 Å². The van der Waals surface area contributed by atoms with E-state index in [2.05, 4.69) is 21.9 Å². The Morgan fingerprint density at radius 1 is 1.18 bits per heavy atom. The SMILES string of the molecule is C=C(C)NC(C)=NC(C)=Nc1ccc(F)cc1. The maximum absolute atomic E-state index is 12.7. The topological polar surface area (TPSA) is 36.8 Å². The molecule has 0 radical (unpaired) electrons. The van der Waals surface area contributed by atoms with E-state index in [0.29, 0.717) is 11.5 Å². The molecule has 0 fully saturated rings. The van der Waals surface area contributed by atoms with Crippen molar-refractivity contribution in [3.05, 3.63) is 42.4 Å². The largest absolute Gasteiger partial charge is 0.348 e. The molecule has 0 saturated carbocycles. The van der Waals surface area contributed by atoms with Crippen LogP contribution in [-0.4, -0.2) is 11.7 Å². The first-order chi connectivity index (χ1) is 7.97. The lowest BCUT2D eigenvalue weighted by atomic mass is 10.3. The predicted octanol–water partition coefficient (Wildman–Crippen LogP) is 3.42. The summed E-state index contributed by atoms with van der Waals surface area (Å²) in [6, 6.07) is 5.95. The summed E-state index contributed by atoms with van der Waals surface area (Å²) in [5, 5.41) is 2.98. The first-order valence-corrected chi connectivity index (χ1v) is 5.26. The normalized spacial score (nSPS) is 12.5. The molecule has 0 aliphatic rings. The number of allylic oxidation sites excluding steroid dienone is 1. The van der Waals surface area contributed by atoms with E-state index in [1.54, 1.807) is 19.1 Å². The highest BCUT2D eigenvalue weighted by Crippen LogP contribution is 2.12. The van der Waals surface area contributed by atoms with E-state index in [9.17, 15) is 4.39 Å². The molecule has 0 aromatic heterocycles. The summed E-state index contributed by atoms with van der Waals surface area (Å²) in [6.07, 6.45) is 0. The molecule has 3 nitrogen and oxygen atoms in total. The van der Waals surface area contributed by atoms with Gasteiger partial charge in [0, 0.05) is 5.70 Å². The second-order valence-electron chi connectivity index (χ2n) is 3.74. The summed E-state index contributed by atoms with van der Waals surface area (Å²) in [5.74, 6) is 1.05. The molecular formula is C13H16FN3. The van der Waals surface area contributed by atoms with Crippen molar-refractivity contribution in [3.8, 4) is 0 Å². The van der Waals surface area contributed by atoms with Crippen LogP contribution in [-0.2, 0) is 0 Å². The second-order valence-corrected chi connectivity index (χ2v) is 3.74. The van der Waals surface area contributed by atoms with Crippen molar-refractivity contribution >= 4 is 17.4 Å². The van der Waals surface area contributed by atoms with Crippen LogP contribution in [0.2, 0.25) is 0 Å². The zero-order valence-corrected chi connectivity index (χ0v) is 10.3. The van der Waals surface area contributed by atoms with Gasteiger partial charge in [-0.15, -0.1) is 0 Å². The molecule has 1 aromatic carbocycles. The van der Waals surface area contributed by atoms with Gasteiger partial charge in [-0.3, -0.25) is 0 Å². The fourth-order valence-electron chi connectivity index (χ4n) is 1.31. The van der Waals surface area contributed by atoms with Crippen molar-refractivity contribution in [1.29, 1.82) is 0 Å². The molecule has 0 amide bonds. The monoisotopic (exact) mass is 233 g/mol. The highest BCUT2D eigenvalue weighted by atomic mass is 19.1. The average molecular weight is 233 g/mol. The van der Waals surface area contributed by atoms with Crippen LogP contribution in [0.25, 0.3) is 0 Å². The molecule has 0 saturated heterocycles. The van der Waals surface area contributed by atoms with E-state index in [4.69, 9.17) is 0 Å². The van der Waals surface area contributed by atoms with E-state index in [1.165, 1.54) is 12.1 Å². The van der Waals surface area contributed by atoms with Gasteiger partial charge in [0.2, 0.25) is 0 Å². The van der Waals surface area contributed by atoms with Gasteiger partial charge in [-0.05, 0) is 45.0 Å². The highest BCUT2D eigenvalue weighted by Gasteiger charge is 1.94. The number of aliphatic imine (C=N–C) groups is 2. The highest BCUT2D eigenvalue weighted by molar-refractivity contribution is 5.96. The van der Waals surface area contributed by atoms with Gasteiger partial charge >= 0.3 is 0 Å². The lowest BCUT2D eigenvalue weighted by Gasteiger charge is -2.03. The number of rotatable bonds is 2. The van der Waals surface area contributed by atoms with Gasteiger partial charge in [0.15, 0.2) is 0 Å². The van der Waals surface area contributed by atoms with E-state index in [1.807, 2.05) is 13.8 Å². The third-order valence-corrected chi connectivity index (χ3v) is 1.84. The second kappa shape index (κ2) is 5.94. The summed E-state index contributed by atoms with van der Waals surface area (Å²) < 4.78 is 12.7. The number of nitrogens with zero attached hydrogens (tertiary/aromatic N) is 2. The molecule has 0 heterocycles. The van der Waals surface area contributed by atoms with Crippen LogP contribution >= 0.6 is 0 Å². The standard InChI is InChI=1S/C13H16FN3/c1-9(2)15-10(3)16-11(4)17-13-7-5-12(14)6-8-13/h5-8H,1H2,2-4H3,(H,15,16,17). The third kappa shape index (κ3) is 5.06. The van der Waals surface area contributed by atoms with Gasteiger partial charge in [-0.2, -0.15) is 0 Å². The first kappa shape index (κ1) is 13.1. The van der Waals surface area contributed by atoms with E-state index < -0.39 is 0 Å². The van der Waals surface area contributed by atoms with Crippen molar-refractivity contribution in [2.45, 2.75) is 20.8 Å². The molecule has 90 valence electrons. The van der Waals surface area contributed by atoms with Gasteiger partial charge in [0.25, 0.3) is 0 Å². The Hall–Kier alpha value is -1.97. The summed E-state index contributed by atoms with van der Waals surface area (Å²) >= 11 is 0. The Kier molecular flexibility index (Phi) is 4.57. The zero-order chi connectivity index (χ0) is 12.8. The molecule has 0 unspecified atom stereocenters. The molecule has 0 aliphatic carbocycles. The number of benzene rings is 1. The van der Waals surface area contributed by atoms with Crippen molar-refractivity contribution in [2.24, 2.45) is 9.98 Å². The van der Waals surface area contributed by atoms with Crippen molar-refractivity contribution in [1.82, 2.24) is 5.32 Å². The van der Waals surface area contributed by atoms with Crippen LogP contribution in [0.5, 0.6) is 0 Å². The summed E-state index contributed by atoms with van der Waals surface area (Å²) in [5.41, 5.74) is 1.50. The van der Waals surface area contributed by atoms with Gasteiger partial charge < -0.3 is 5.32 Å². The Bertz CT molecular complexity index is 458. The number of halogens is 1. The molecule has 0 atom stereocenters. The lowest BCUT2D eigenvalue weighted by Crippen LogP contribution is -2.18. The van der Waals surface area contributed by atoms with Crippen molar-refractivity contribution in [2.75, 3.05) is 0 Å². The summed E-state index contributed by atoms with van der Waals surface area (Å²) in [7, 11) is 0.